The monoisotopic (exact) mass is 430 g/mol. The molecular weight excluding hydrogens is 408 g/mol. The van der Waals surface area contributed by atoms with Gasteiger partial charge in [-0.15, -0.1) is 23.1 Å². The molecule has 30 heavy (non-hydrogen) atoms. The second-order valence-corrected chi connectivity index (χ2v) is 8.98. The summed E-state index contributed by atoms with van der Waals surface area (Å²) in [5, 5.41) is 3.36. The standard InChI is InChI=1S/C25H22N2OS2/c1-2-21-22(18-12-6-3-7-13-18)26-25(30-21)27-24(28)23(19-14-8-4-9-15-19)29-20-16-10-5-11-17-20/h3-17,23H,2H2,1H3,(H,26,27,28). The van der Waals surface area contributed by atoms with Crippen LogP contribution in [0.15, 0.2) is 95.9 Å². The van der Waals surface area contributed by atoms with E-state index in [-0.39, 0.29) is 11.2 Å². The molecule has 1 N–H and O–H groups in total. The van der Waals surface area contributed by atoms with Crippen LogP contribution in [-0.2, 0) is 11.2 Å². The lowest BCUT2D eigenvalue weighted by Gasteiger charge is -2.16. The van der Waals surface area contributed by atoms with Crippen molar-refractivity contribution in [2.24, 2.45) is 0 Å². The predicted octanol–water partition coefficient (Wildman–Crippen LogP) is 6.84. The van der Waals surface area contributed by atoms with E-state index < -0.39 is 0 Å². The molecule has 1 atom stereocenters. The third-order valence-electron chi connectivity index (χ3n) is 4.63. The van der Waals surface area contributed by atoms with Crippen molar-refractivity contribution in [2.75, 3.05) is 5.32 Å². The highest BCUT2D eigenvalue weighted by Gasteiger charge is 2.24. The van der Waals surface area contributed by atoms with Gasteiger partial charge in [0.1, 0.15) is 5.25 Å². The number of thioether (sulfide) groups is 1. The topological polar surface area (TPSA) is 42.0 Å². The number of benzene rings is 3. The SMILES string of the molecule is CCc1sc(NC(=O)C(Sc2ccccc2)c2ccccc2)nc1-c1ccccc1. The fourth-order valence-corrected chi connectivity index (χ4v) is 5.15. The number of rotatable bonds is 7. The van der Waals surface area contributed by atoms with Crippen LogP contribution in [0.4, 0.5) is 5.13 Å². The van der Waals surface area contributed by atoms with Crippen LogP contribution >= 0.6 is 23.1 Å². The van der Waals surface area contributed by atoms with Gasteiger partial charge in [-0.05, 0) is 24.1 Å². The van der Waals surface area contributed by atoms with Gasteiger partial charge in [-0.1, -0.05) is 85.8 Å². The zero-order valence-corrected chi connectivity index (χ0v) is 18.2. The molecule has 0 saturated carbocycles. The van der Waals surface area contributed by atoms with Crippen molar-refractivity contribution in [1.82, 2.24) is 4.98 Å². The van der Waals surface area contributed by atoms with Crippen LogP contribution in [0.2, 0.25) is 0 Å². The number of nitrogens with one attached hydrogen (secondary N) is 1. The first-order chi connectivity index (χ1) is 14.7. The molecule has 0 aliphatic heterocycles. The molecule has 1 unspecified atom stereocenters. The van der Waals surface area contributed by atoms with E-state index in [1.165, 1.54) is 4.88 Å². The van der Waals surface area contributed by atoms with Crippen LogP contribution < -0.4 is 5.32 Å². The molecule has 1 aromatic heterocycles. The lowest BCUT2D eigenvalue weighted by atomic mass is 10.1. The summed E-state index contributed by atoms with van der Waals surface area (Å²) in [5.41, 5.74) is 2.99. The Morgan fingerprint density at radius 3 is 2.17 bits per heavy atom. The Morgan fingerprint density at radius 2 is 1.53 bits per heavy atom. The first kappa shape index (κ1) is 20.4. The summed E-state index contributed by atoms with van der Waals surface area (Å²) >= 11 is 3.10. The number of hydrogen-bond acceptors (Lipinski definition) is 4. The van der Waals surface area contributed by atoms with E-state index in [1.807, 2.05) is 78.9 Å². The molecule has 150 valence electrons. The van der Waals surface area contributed by atoms with Gasteiger partial charge in [0.2, 0.25) is 5.91 Å². The number of nitrogens with zero attached hydrogens (tertiary/aromatic N) is 1. The fourth-order valence-electron chi connectivity index (χ4n) is 3.17. The van der Waals surface area contributed by atoms with Crippen molar-refractivity contribution in [3.63, 3.8) is 0 Å². The van der Waals surface area contributed by atoms with E-state index in [9.17, 15) is 4.79 Å². The van der Waals surface area contributed by atoms with Gasteiger partial charge in [0, 0.05) is 15.3 Å². The molecule has 1 heterocycles. The van der Waals surface area contributed by atoms with Crippen molar-refractivity contribution in [3.05, 3.63) is 101 Å². The Morgan fingerprint density at radius 1 is 0.933 bits per heavy atom. The molecule has 0 aliphatic carbocycles. The number of thiazole rings is 1. The molecule has 3 aromatic carbocycles. The van der Waals surface area contributed by atoms with Gasteiger partial charge in [-0.2, -0.15) is 0 Å². The van der Waals surface area contributed by atoms with Gasteiger partial charge in [-0.3, -0.25) is 4.79 Å². The third kappa shape index (κ3) is 4.81. The van der Waals surface area contributed by atoms with E-state index >= 15 is 0 Å². The highest BCUT2D eigenvalue weighted by Crippen LogP contribution is 2.37. The van der Waals surface area contributed by atoms with Crippen LogP contribution in [0.1, 0.15) is 22.6 Å². The zero-order chi connectivity index (χ0) is 20.8. The molecule has 5 heteroatoms. The smallest absolute Gasteiger partial charge is 0.244 e. The predicted molar refractivity (Wildman–Crippen MR) is 127 cm³/mol. The molecule has 4 aromatic rings. The Labute approximate surface area is 185 Å². The average Bonchev–Trinajstić information content (AvgIpc) is 3.22. The number of hydrogen-bond donors (Lipinski definition) is 1. The quantitative estimate of drug-likeness (QED) is 0.326. The minimum absolute atomic E-state index is 0.0638. The van der Waals surface area contributed by atoms with Gasteiger partial charge in [0.05, 0.1) is 5.69 Å². The molecular formula is C25H22N2OS2. The van der Waals surface area contributed by atoms with Gasteiger partial charge < -0.3 is 5.32 Å². The summed E-state index contributed by atoms with van der Waals surface area (Å²) in [7, 11) is 0. The number of carbonyl (C=O) groups is 1. The zero-order valence-electron chi connectivity index (χ0n) is 16.6. The summed E-state index contributed by atoms with van der Waals surface area (Å²) < 4.78 is 0. The van der Waals surface area contributed by atoms with E-state index in [1.54, 1.807) is 23.1 Å². The van der Waals surface area contributed by atoms with Crippen molar-refractivity contribution in [1.29, 1.82) is 0 Å². The number of anilines is 1. The van der Waals surface area contributed by atoms with Crippen LogP contribution in [0.3, 0.4) is 0 Å². The first-order valence-electron chi connectivity index (χ1n) is 9.87. The summed E-state index contributed by atoms with van der Waals surface area (Å²) in [5.74, 6) is -0.0638. The molecule has 0 fully saturated rings. The van der Waals surface area contributed by atoms with E-state index in [4.69, 9.17) is 4.98 Å². The van der Waals surface area contributed by atoms with Gasteiger partial charge in [-0.25, -0.2) is 4.98 Å². The molecule has 0 saturated heterocycles. The minimum atomic E-state index is -0.359. The summed E-state index contributed by atoms with van der Waals surface area (Å²) in [6, 6.07) is 30.0. The van der Waals surface area contributed by atoms with Crippen LogP contribution in [0.5, 0.6) is 0 Å². The summed E-state index contributed by atoms with van der Waals surface area (Å²) in [6.45, 7) is 2.11. The molecule has 0 spiro atoms. The second-order valence-electron chi connectivity index (χ2n) is 6.72. The Hall–Kier alpha value is -2.89. The average molecular weight is 431 g/mol. The van der Waals surface area contributed by atoms with Gasteiger partial charge in [0.25, 0.3) is 0 Å². The summed E-state index contributed by atoms with van der Waals surface area (Å²) in [6.07, 6.45) is 0.874. The lowest BCUT2D eigenvalue weighted by molar-refractivity contribution is -0.115. The molecule has 1 amide bonds. The maximum Gasteiger partial charge on any atom is 0.244 e. The maximum absolute atomic E-state index is 13.3. The lowest BCUT2D eigenvalue weighted by Crippen LogP contribution is -2.18. The van der Waals surface area contributed by atoms with Crippen molar-refractivity contribution in [3.8, 4) is 11.3 Å². The first-order valence-corrected chi connectivity index (χ1v) is 11.6. The van der Waals surface area contributed by atoms with Crippen LogP contribution in [0, 0.1) is 0 Å². The highest BCUT2D eigenvalue weighted by atomic mass is 32.2. The normalized spacial score (nSPS) is 11.8. The molecule has 3 nitrogen and oxygen atoms in total. The van der Waals surface area contributed by atoms with Crippen molar-refractivity contribution < 1.29 is 4.79 Å². The Bertz CT molecular complexity index is 1100. The Kier molecular flexibility index (Phi) is 6.62. The molecule has 0 aliphatic rings. The van der Waals surface area contributed by atoms with Crippen LogP contribution in [-0.4, -0.2) is 10.9 Å². The number of amides is 1. The Balaban J connectivity index is 1.60. The largest absolute Gasteiger partial charge is 0.301 e. The fraction of sp³-hybridized carbons (Fsp3) is 0.120. The van der Waals surface area contributed by atoms with E-state index in [0.717, 1.165) is 28.1 Å². The van der Waals surface area contributed by atoms with Crippen molar-refractivity contribution >= 4 is 34.1 Å². The highest BCUT2D eigenvalue weighted by molar-refractivity contribution is 8.00. The summed E-state index contributed by atoms with van der Waals surface area (Å²) in [4.78, 5) is 20.3. The second kappa shape index (κ2) is 9.74. The minimum Gasteiger partial charge on any atom is -0.301 e. The molecule has 0 radical (unpaired) electrons. The van der Waals surface area contributed by atoms with E-state index in [0.29, 0.717) is 5.13 Å². The van der Waals surface area contributed by atoms with Crippen LogP contribution in [0.25, 0.3) is 11.3 Å². The molecule has 0 bridgehead atoms. The number of carbonyl (C=O) groups excluding carboxylic acids is 1. The van der Waals surface area contributed by atoms with Gasteiger partial charge >= 0.3 is 0 Å². The van der Waals surface area contributed by atoms with Gasteiger partial charge in [0.15, 0.2) is 5.13 Å². The van der Waals surface area contributed by atoms with E-state index in [2.05, 4.69) is 24.4 Å². The molecule has 4 rings (SSSR count). The van der Waals surface area contributed by atoms with Crippen molar-refractivity contribution in [2.45, 2.75) is 23.5 Å². The number of aromatic nitrogens is 1. The third-order valence-corrected chi connectivity index (χ3v) is 7.01. The maximum atomic E-state index is 13.3. The number of aryl methyl sites for hydroxylation is 1.